The molecule has 1 atom stereocenters. The first-order valence-corrected chi connectivity index (χ1v) is 5.44. The molecule has 1 rings (SSSR count). The van der Waals surface area contributed by atoms with Crippen LogP contribution in [0.3, 0.4) is 0 Å². The van der Waals surface area contributed by atoms with E-state index in [0.29, 0.717) is 5.56 Å². The summed E-state index contributed by atoms with van der Waals surface area (Å²) in [6, 6.07) is 6.45. The number of esters is 1. The number of hydrogen-bond donors (Lipinski definition) is 1. The first-order valence-electron chi connectivity index (χ1n) is 4.19. The van der Waals surface area contributed by atoms with Crippen LogP contribution in [0.1, 0.15) is 5.56 Å². The summed E-state index contributed by atoms with van der Waals surface area (Å²) >= 11 is 1.84. The van der Waals surface area contributed by atoms with Gasteiger partial charge in [-0.25, -0.2) is 0 Å². The largest absolute Gasteiger partial charge is 0.508 e. The maximum Gasteiger partial charge on any atom is 0.312 e. The van der Waals surface area contributed by atoms with E-state index in [1.165, 1.54) is 12.1 Å². The molecule has 0 saturated heterocycles. The molecule has 1 unspecified atom stereocenters. The topological polar surface area (TPSA) is 46.5 Å². The van der Waals surface area contributed by atoms with Gasteiger partial charge in [-0.2, -0.15) is 0 Å². The molecule has 0 radical (unpaired) electrons. The second-order valence-corrected chi connectivity index (χ2v) is 3.95. The van der Waals surface area contributed by atoms with Crippen LogP contribution in [0.5, 0.6) is 5.75 Å². The van der Waals surface area contributed by atoms with E-state index in [4.69, 9.17) is 16.3 Å². The summed E-state index contributed by atoms with van der Waals surface area (Å²) in [5, 5.41) is 9.17. The lowest BCUT2D eigenvalue weighted by molar-refractivity contribution is -0.142. The summed E-state index contributed by atoms with van der Waals surface area (Å²) in [5.74, 6) is 2.01. The van der Waals surface area contributed by atoms with Crippen LogP contribution in [0.4, 0.5) is 0 Å². The summed E-state index contributed by atoms with van der Waals surface area (Å²) in [6.07, 6.45) is 5.17. The Labute approximate surface area is 102 Å². The van der Waals surface area contributed by atoms with Crippen molar-refractivity contribution in [2.24, 2.45) is 0 Å². The molecule has 1 aromatic carbocycles. The fourth-order valence-corrected chi connectivity index (χ4v) is 1.31. The maximum atomic E-state index is 11.3. The number of terminal acetylenes is 1. The highest BCUT2D eigenvalue weighted by Gasteiger charge is 2.09. The van der Waals surface area contributed by atoms with Gasteiger partial charge in [0.25, 0.3) is 0 Å². The van der Waals surface area contributed by atoms with Crippen LogP contribution in [0.15, 0.2) is 24.3 Å². The molecule has 3 nitrogen and oxygen atoms in total. The van der Waals surface area contributed by atoms with Gasteiger partial charge in [-0.3, -0.25) is 4.79 Å². The fourth-order valence-electron chi connectivity index (χ4n) is 1.02. The van der Waals surface area contributed by atoms with Gasteiger partial charge in [0.05, 0.1) is 6.42 Å². The van der Waals surface area contributed by atoms with E-state index in [9.17, 15) is 4.79 Å². The number of alkyl halides is 1. The molecule has 0 saturated carbocycles. The first kappa shape index (κ1) is 11.9. The summed E-state index contributed by atoms with van der Waals surface area (Å²) in [6.45, 7) is 0. The third kappa shape index (κ3) is 4.21. The van der Waals surface area contributed by atoms with Crippen molar-refractivity contribution in [1.29, 1.82) is 0 Å². The van der Waals surface area contributed by atoms with E-state index in [2.05, 4.69) is 5.92 Å². The Morgan fingerprint density at radius 2 is 2.40 bits per heavy atom. The molecular formula is C11H9IO3. The van der Waals surface area contributed by atoms with Crippen molar-refractivity contribution in [3.05, 3.63) is 29.8 Å². The second kappa shape index (κ2) is 5.61. The van der Waals surface area contributed by atoms with Crippen LogP contribution < -0.4 is 0 Å². The van der Waals surface area contributed by atoms with Crippen LogP contribution in [0.25, 0.3) is 0 Å². The number of phenolic OH excluding ortho intramolecular Hbond substituents is 1. The number of carbonyl (C=O) groups is 1. The lowest BCUT2D eigenvalue weighted by Crippen LogP contribution is -2.12. The summed E-state index contributed by atoms with van der Waals surface area (Å²) in [4.78, 5) is 11.3. The number of aromatic hydroxyl groups is 1. The van der Waals surface area contributed by atoms with Gasteiger partial charge < -0.3 is 9.84 Å². The Morgan fingerprint density at radius 1 is 1.67 bits per heavy atom. The normalized spacial score (nSPS) is 11.5. The first-order chi connectivity index (χ1) is 7.11. The number of rotatable bonds is 3. The molecule has 4 heteroatoms. The molecule has 0 aliphatic carbocycles. The molecule has 0 spiro atoms. The number of carbonyl (C=O) groups excluding carboxylic acids is 1. The predicted octanol–water partition coefficient (Wildman–Crippen LogP) is 1.87. The zero-order valence-electron chi connectivity index (χ0n) is 7.81. The Hall–Kier alpha value is -1.22. The molecule has 0 amide bonds. The summed E-state index contributed by atoms with van der Waals surface area (Å²) in [5.41, 5.74) is 0.695. The quantitative estimate of drug-likeness (QED) is 0.401. The molecule has 0 aliphatic heterocycles. The molecule has 0 aliphatic rings. The lowest BCUT2D eigenvalue weighted by atomic mass is 10.1. The standard InChI is InChI=1S/C11H9IO3/c1-2-10(12)15-11(14)7-8-4-3-5-9(13)6-8/h1,3-6,10,13H,7H2. The van der Waals surface area contributed by atoms with Crippen molar-refractivity contribution in [2.45, 2.75) is 10.5 Å². The second-order valence-electron chi connectivity index (χ2n) is 2.82. The molecule has 1 aromatic rings. The van der Waals surface area contributed by atoms with E-state index >= 15 is 0 Å². The third-order valence-electron chi connectivity index (χ3n) is 1.62. The minimum absolute atomic E-state index is 0.107. The molecule has 78 valence electrons. The highest BCUT2D eigenvalue weighted by Crippen LogP contribution is 2.12. The van der Waals surface area contributed by atoms with E-state index in [0.717, 1.165) is 0 Å². The van der Waals surface area contributed by atoms with Crippen molar-refractivity contribution in [2.75, 3.05) is 0 Å². The van der Waals surface area contributed by atoms with Gasteiger partial charge in [0.1, 0.15) is 5.75 Å². The Balaban J connectivity index is 2.56. The number of phenols is 1. The highest BCUT2D eigenvalue weighted by molar-refractivity contribution is 14.1. The lowest BCUT2D eigenvalue weighted by Gasteiger charge is -2.05. The van der Waals surface area contributed by atoms with Crippen molar-refractivity contribution in [1.82, 2.24) is 0 Å². The fraction of sp³-hybridized carbons (Fsp3) is 0.182. The predicted molar refractivity (Wildman–Crippen MR) is 64.5 cm³/mol. The van der Waals surface area contributed by atoms with Gasteiger partial charge in [-0.15, -0.1) is 6.42 Å². The zero-order chi connectivity index (χ0) is 11.3. The van der Waals surface area contributed by atoms with Crippen LogP contribution >= 0.6 is 22.6 Å². The Morgan fingerprint density at radius 3 is 3.00 bits per heavy atom. The van der Waals surface area contributed by atoms with E-state index in [1.54, 1.807) is 12.1 Å². The van der Waals surface area contributed by atoms with E-state index in [-0.39, 0.29) is 12.2 Å². The SMILES string of the molecule is C#CC(I)OC(=O)Cc1cccc(O)c1. The summed E-state index contributed by atoms with van der Waals surface area (Å²) < 4.78 is 4.32. The van der Waals surface area contributed by atoms with E-state index in [1.807, 2.05) is 22.6 Å². The third-order valence-corrected chi connectivity index (χ3v) is 2.24. The molecule has 1 N–H and O–H groups in total. The smallest absolute Gasteiger partial charge is 0.312 e. The molecule has 0 fully saturated rings. The number of benzene rings is 1. The monoisotopic (exact) mass is 316 g/mol. The van der Waals surface area contributed by atoms with Gasteiger partial charge >= 0.3 is 5.97 Å². The van der Waals surface area contributed by atoms with Gasteiger partial charge in [-0.05, 0) is 40.3 Å². The van der Waals surface area contributed by atoms with Gasteiger partial charge in [0, 0.05) is 0 Å². The van der Waals surface area contributed by atoms with Crippen molar-refractivity contribution in [3.63, 3.8) is 0 Å². The number of hydrogen-bond acceptors (Lipinski definition) is 3. The van der Waals surface area contributed by atoms with Gasteiger partial charge in [0.15, 0.2) is 0 Å². The van der Waals surface area contributed by atoms with Gasteiger partial charge in [-0.1, -0.05) is 18.1 Å². The van der Waals surface area contributed by atoms with Crippen molar-refractivity contribution in [3.8, 4) is 18.1 Å². The molecule has 0 aromatic heterocycles. The Bertz CT molecular complexity index is 395. The molecule has 0 bridgehead atoms. The molecular weight excluding hydrogens is 307 g/mol. The van der Waals surface area contributed by atoms with Crippen LogP contribution in [0.2, 0.25) is 0 Å². The minimum Gasteiger partial charge on any atom is -0.508 e. The van der Waals surface area contributed by atoms with E-state index < -0.39 is 10.1 Å². The van der Waals surface area contributed by atoms with Crippen LogP contribution in [-0.4, -0.2) is 15.2 Å². The van der Waals surface area contributed by atoms with Gasteiger partial charge in [0.2, 0.25) is 4.11 Å². The summed E-state index contributed by atoms with van der Waals surface area (Å²) in [7, 11) is 0. The zero-order valence-corrected chi connectivity index (χ0v) is 9.97. The van der Waals surface area contributed by atoms with Crippen molar-refractivity contribution >= 4 is 28.6 Å². The Kier molecular flexibility index (Phi) is 4.43. The van der Waals surface area contributed by atoms with Crippen LogP contribution in [-0.2, 0) is 16.0 Å². The highest BCUT2D eigenvalue weighted by atomic mass is 127. The maximum absolute atomic E-state index is 11.3. The molecule has 0 heterocycles. The number of ether oxygens (including phenoxy) is 1. The average molecular weight is 316 g/mol. The average Bonchev–Trinajstić information content (AvgIpc) is 2.17. The molecule has 15 heavy (non-hydrogen) atoms. The van der Waals surface area contributed by atoms with Crippen molar-refractivity contribution < 1.29 is 14.6 Å². The van der Waals surface area contributed by atoms with Crippen LogP contribution in [0, 0.1) is 12.3 Å². The number of halogens is 1. The minimum atomic E-state index is -0.549.